The Labute approximate surface area is 342 Å². The van der Waals surface area contributed by atoms with Crippen molar-refractivity contribution in [1.82, 2.24) is 9.13 Å². The highest BCUT2D eigenvalue weighted by atomic mass is 16.3. The molecule has 4 nitrogen and oxygen atoms in total. The maximum Gasteiger partial charge on any atom is 0.137 e. The molecule has 0 N–H and O–H groups in total. The zero-order chi connectivity index (χ0) is 39.1. The van der Waals surface area contributed by atoms with Crippen LogP contribution in [0.4, 0.5) is 0 Å². The summed E-state index contributed by atoms with van der Waals surface area (Å²) in [6, 6.07) is 70.3. The second-order valence-electron chi connectivity index (χ2n) is 16.1. The van der Waals surface area contributed by atoms with E-state index in [1.165, 1.54) is 54.2 Å². The van der Waals surface area contributed by atoms with E-state index in [9.17, 15) is 0 Å². The summed E-state index contributed by atoms with van der Waals surface area (Å²) in [7, 11) is 0. The average Bonchev–Trinajstić information content (AvgIpc) is 4.03. The van der Waals surface area contributed by atoms with E-state index in [1.54, 1.807) is 0 Å². The molecule has 0 aliphatic heterocycles. The maximum atomic E-state index is 6.48. The summed E-state index contributed by atoms with van der Waals surface area (Å²) in [4.78, 5) is 0. The van der Waals surface area contributed by atoms with Crippen molar-refractivity contribution in [2.45, 2.75) is 0 Å². The average molecular weight is 765 g/mol. The van der Waals surface area contributed by atoms with Crippen LogP contribution < -0.4 is 0 Å². The van der Waals surface area contributed by atoms with Crippen LogP contribution in [0, 0.1) is 0 Å². The Hall–Kier alpha value is -8.08. The molecule has 0 radical (unpaired) electrons. The molecule has 0 saturated carbocycles. The van der Waals surface area contributed by atoms with Crippen LogP contribution in [0.25, 0.3) is 132 Å². The minimum absolute atomic E-state index is 0.890. The normalized spacial score (nSPS) is 12.3. The molecule has 10 aromatic carbocycles. The smallest absolute Gasteiger partial charge is 0.137 e. The zero-order valence-corrected chi connectivity index (χ0v) is 32.2. The lowest BCUT2D eigenvalue weighted by Gasteiger charge is -2.12. The van der Waals surface area contributed by atoms with E-state index in [0.717, 1.165) is 77.3 Å². The predicted octanol–water partition coefficient (Wildman–Crippen LogP) is 15.7. The Kier molecular flexibility index (Phi) is 6.26. The number of para-hydroxylation sites is 2. The summed E-state index contributed by atoms with van der Waals surface area (Å²) < 4.78 is 17.8. The van der Waals surface area contributed by atoms with Crippen LogP contribution in [0.3, 0.4) is 0 Å². The van der Waals surface area contributed by atoms with Gasteiger partial charge in [-0.1, -0.05) is 115 Å². The summed E-state index contributed by atoms with van der Waals surface area (Å²) in [5.41, 5.74) is 12.7. The van der Waals surface area contributed by atoms with Gasteiger partial charge in [-0.2, -0.15) is 0 Å². The van der Waals surface area contributed by atoms with Gasteiger partial charge in [0.05, 0.1) is 27.8 Å². The van der Waals surface area contributed by atoms with Gasteiger partial charge >= 0.3 is 0 Å². The number of furan rings is 2. The van der Waals surface area contributed by atoms with Gasteiger partial charge in [0.15, 0.2) is 0 Å². The molecule has 0 aliphatic rings. The maximum absolute atomic E-state index is 6.48. The molecule has 4 heterocycles. The van der Waals surface area contributed by atoms with E-state index in [0.29, 0.717) is 0 Å². The fraction of sp³-hybridized carbons (Fsp3) is 0. The molecule has 0 atom stereocenters. The summed E-state index contributed by atoms with van der Waals surface area (Å²) >= 11 is 0. The Balaban J connectivity index is 1.04. The molecule has 0 aliphatic carbocycles. The number of aromatic nitrogens is 2. The first-order valence-electron chi connectivity index (χ1n) is 20.5. The topological polar surface area (TPSA) is 36.1 Å². The number of fused-ring (bicyclic) bond motifs is 14. The van der Waals surface area contributed by atoms with Crippen molar-refractivity contribution in [1.29, 1.82) is 0 Å². The lowest BCUT2D eigenvalue weighted by molar-refractivity contribution is 0.669. The first-order chi connectivity index (χ1) is 29.7. The molecule has 278 valence electrons. The Morgan fingerprint density at radius 3 is 1.45 bits per heavy atom. The lowest BCUT2D eigenvalue weighted by Crippen LogP contribution is -1.95. The molecule has 14 rings (SSSR count). The van der Waals surface area contributed by atoms with Crippen LogP contribution in [-0.4, -0.2) is 9.13 Å². The highest BCUT2D eigenvalue weighted by molar-refractivity contribution is 6.20. The summed E-state index contributed by atoms with van der Waals surface area (Å²) in [5.74, 6) is 0. The fourth-order valence-corrected chi connectivity index (χ4v) is 10.1. The Bertz CT molecular complexity index is 4130. The first kappa shape index (κ1) is 31.9. The number of hydrogen-bond acceptors (Lipinski definition) is 2. The molecule has 0 spiro atoms. The fourth-order valence-electron chi connectivity index (χ4n) is 10.1. The molecule has 14 aromatic rings. The van der Waals surface area contributed by atoms with Gasteiger partial charge in [-0.3, -0.25) is 0 Å². The molecule has 60 heavy (non-hydrogen) atoms. The molecule has 4 heteroatoms. The SMILES string of the molecule is c1ccc2cc(-n3c4ccc(-c5ccc6c(c5)c5cc7c(cc5n6-c5cccc6ccccc56)oc5ccccc57)cc4c4cc5c(cc43)oc3ccccc35)ccc2c1. The monoisotopic (exact) mass is 764 g/mol. The number of benzene rings is 10. The van der Waals surface area contributed by atoms with Gasteiger partial charge < -0.3 is 18.0 Å². The highest BCUT2D eigenvalue weighted by Gasteiger charge is 2.21. The summed E-state index contributed by atoms with van der Waals surface area (Å²) in [6.07, 6.45) is 0. The van der Waals surface area contributed by atoms with Gasteiger partial charge in [0.2, 0.25) is 0 Å². The molecule has 0 bridgehead atoms. The second-order valence-corrected chi connectivity index (χ2v) is 16.1. The molecule has 0 fully saturated rings. The minimum Gasteiger partial charge on any atom is -0.456 e. The highest BCUT2D eigenvalue weighted by Crippen LogP contribution is 2.43. The van der Waals surface area contributed by atoms with E-state index in [-0.39, 0.29) is 0 Å². The number of rotatable bonds is 3. The van der Waals surface area contributed by atoms with Crippen molar-refractivity contribution in [2.75, 3.05) is 0 Å². The third kappa shape index (κ3) is 4.39. The van der Waals surface area contributed by atoms with Crippen molar-refractivity contribution < 1.29 is 8.83 Å². The van der Waals surface area contributed by atoms with Crippen molar-refractivity contribution in [3.05, 3.63) is 194 Å². The zero-order valence-electron chi connectivity index (χ0n) is 32.2. The molecule has 0 saturated heterocycles. The van der Waals surface area contributed by atoms with Crippen LogP contribution >= 0.6 is 0 Å². The Morgan fingerprint density at radius 1 is 0.267 bits per heavy atom. The van der Waals surface area contributed by atoms with Crippen molar-refractivity contribution in [3.63, 3.8) is 0 Å². The predicted molar refractivity (Wildman–Crippen MR) is 250 cm³/mol. The van der Waals surface area contributed by atoms with Crippen LogP contribution in [-0.2, 0) is 0 Å². The van der Waals surface area contributed by atoms with Gasteiger partial charge in [-0.05, 0) is 94.0 Å². The molecule has 0 unspecified atom stereocenters. The molecule has 4 aromatic heterocycles. The van der Waals surface area contributed by atoms with E-state index < -0.39 is 0 Å². The van der Waals surface area contributed by atoms with Gasteiger partial charge in [-0.15, -0.1) is 0 Å². The van der Waals surface area contributed by atoms with E-state index in [4.69, 9.17) is 8.83 Å². The van der Waals surface area contributed by atoms with Gasteiger partial charge in [-0.25, -0.2) is 0 Å². The molecular weight excluding hydrogens is 733 g/mol. The standard InChI is InChI=1S/C56H32N2O2/c1-2-12-35-26-38(23-20-33(35)10-1)57-49-24-21-36(27-42(49)44-29-46-40-15-5-7-18-53(40)59-55(46)31-51(44)57)37-22-25-50-43(28-37)45-30-47-41-16-6-8-19-54(41)60-56(47)32-52(45)58(50)48-17-9-13-34-11-3-4-14-39(34)48/h1-32H. The quantitative estimate of drug-likeness (QED) is 0.180. The van der Waals surface area contributed by atoms with E-state index in [1.807, 2.05) is 12.1 Å². The summed E-state index contributed by atoms with van der Waals surface area (Å²) in [5, 5.41) is 14.2. The third-order valence-electron chi connectivity index (χ3n) is 12.9. The largest absolute Gasteiger partial charge is 0.456 e. The van der Waals surface area contributed by atoms with Gasteiger partial charge in [0.1, 0.15) is 22.3 Å². The molecular formula is C56H32N2O2. The Morgan fingerprint density at radius 2 is 0.783 bits per heavy atom. The lowest BCUT2D eigenvalue weighted by atomic mass is 10.00. The van der Waals surface area contributed by atoms with Crippen LogP contribution in [0.5, 0.6) is 0 Å². The number of hydrogen-bond donors (Lipinski definition) is 0. The van der Waals surface area contributed by atoms with Crippen LogP contribution in [0.2, 0.25) is 0 Å². The van der Waals surface area contributed by atoms with Crippen molar-refractivity contribution in [3.8, 4) is 22.5 Å². The van der Waals surface area contributed by atoms with E-state index in [2.05, 4.69) is 191 Å². The van der Waals surface area contributed by atoms with Crippen LogP contribution in [0.1, 0.15) is 0 Å². The van der Waals surface area contributed by atoms with Crippen molar-refractivity contribution >= 4 is 109 Å². The summed E-state index contributed by atoms with van der Waals surface area (Å²) in [6.45, 7) is 0. The third-order valence-corrected chi connectivity index (χ3v) is 12.9. The molecule has 0 amide bonds. The second kappa shape index (κ2) is 11.8. The van der Waals surface area contributed by atoms with Gasteiger partial charge in [0, 0.05) is 66.3 Å². The van der Waals surface area contributed by atoms with Crippen LogP contribution in [0.15, 0.2) is 203 Å². The van der Waals surface area contributed by atoms with Crippen molar-refractivity contribution in [2.24, 2.45) is 0 Å². The van der Waals surface area contributed by atoms with E-state index >= 15 is 0 Å². The number of nitrogens with zero attached hydrogens (tertiary/aromatic N) is 2. The minimum atomic E-state index is 0.890. The van der Waals surface area contributed by atoms with Gasteiger partial charge in [0.25, 0.3) is 0 Å². The first-order valence-corrected chi connectivity index (χ1v) is 20.5.